The molecule has 1 atom stereocenters. The molecule has 2 rings (SSSR count). The van der Waals surface area contributed by atoms with Crippen LogP contribution >= 0.6 is 15.9 Å². The molecule has 2 aromatic carbocycles. The van der Waals surface area contributed by atoms with E-state index in [0.29, 0.717) is 17.5 Å². The van der Waals surface area contributed by atoms with Crippen LogP contribution in [0.4, 0.5) is 13.2 Å². The number of halogens is 4. The summed E-state index contributed by atoms with van der Waals surface area (Å²) in [5, 5.41) is 10.2. The van der Waals surface area contributed by atoms with E-state index in [2.05, 4.69) is 15.9 Å². The van der Waals surface area contributed by atoms with E-state index in [-0.39, 0.29) is 0 Å². The average Bonchev–Trinajstić information content (AvgIpc) is 2.37. The van der Waals surface area contributed by atoms with Crippen molar-refractivity contribution in [3.8, 4) is 0 Å². The van der Waals surface area contributed by atoms with Crippen LogP contribution in [0, 0.1) is 6.92 Å². The van der Waals surface area contributed by atoms with Crippen molar-refractivity contribution in [3.05, 3.63) is 69.2 Å². The molecule has 2 aromatic rings. The third-order valence-electron chi connectivity index (χ3n) is 3.27. The maximum absolute atomic E-state index is 12.6. The fourth-order valence-electron chi connectivity index (χ4n) is 2.22. The molecule has 0 bridgehead atoms. The minimum Gasteiger partial charge on any atom is -0.388 e. The third-order valence-corrected chi connectivity index (χ3v) is 3.77. The van der Waals surface area contributed by atoms with Gasteiger partial charge < -0.3 is 5.11 Å². The standard InChI is InChI=1S/C16H14BrF3O/c1-10-7-12(16(18,19)20)5-6-14(10)15(21)9-11-3-2-4-13(17)8-11/h2-8,15,21H,9H2,1H3. The Labute approximate surface area is 129 Å². The lowest BCUT2D eigenvalue weighted by Gasteiger charge is -2.16. The Bertz CT molecular complexity index is 638. The number of aliphatic hydroxyl groups excluding tert-OH is 1. The van der Waals surface area contributed by atoms with Gasteiger partial charge in [0.25, 0.3) is 0 Å². The highest BCUT2D eigenvalue weighted by Crippen LogP contribution is 2.32. The summed E-state index contributed by atoms with van der Waals surface area (Å²) in [4.78, 5) is 0. The summed E-state index contributed by atoms with van der Waals surface area (Å²) in [6.07, 6.45) is -4.84. The number of hydrogen-bond acceptors (Lipinski definition) is 1. The lowest BCUT2D eigenvalue weighted by Crippen LogP contribution is -2.08. The van der Waals surface area contributed by atoms with Gasteiger partial charge in [0.15, 0.2) is 0 Å². The highest BCUT2D eigenvalue weighted by molar-refractivity contribution is 9.10. The molecule has 0 saturated heterocycles. The Morgan fingerprint density at radius 3 is 2.43 bits per heavy atom. The van der Waals surface area contributed by atoms with Crippen LogP contribution in [0.2, 0.25) is 0 Å². The summed E-state index contributed by atoms with van der Waals surface area (Å²) in [6, 6.07) is 10.9. The van der Waals surface area contributed by atoms with Crippen molar-refractivity contribution in [2.45, 2.75) is 25.6 Å². The first-order valence-corrected chi connectivity index (χ1v) is 7.17. The molecule has 0 radical (unpaired) electrons. The second kappa shape index (κ2) is 6.20. The van der Waals surface area contributed by atoms with E-state index < -0.39 is 17.8 Å². The van der Waals surface area contributed by atoms with Gasteiger partial charge in [-0.25, -0.2) is 0 Å². The normalized spacial score (nSPS) is 13.2. The second-order valence-electron chi connectivity index (χ2n) is 4.92. The number of hydrogen-bond donors (Lipinski definition) is 1. The summed E-state index contributed by atoms with van der Waals surface area (Å²) < 4.78 is 38.8. The van der Waals surface area contributed by atoms with Gasteiger partial charge in [-0.05, 0) is 47.9 Å². The molecule has 1 nitrogen and oxygen atoms in total. The molecule has 0 aliphatic rings. The zero-order valence-electron chi connectivity index (χ0n) is 11.3. The Morgan fingerprint density at radius 2 is 1.86 bits per heavy atom. The smallest absolute Gasteiger partial charge is 0.388 e. The number of benzene rings is 2. The van der Waals surface area contributed by atoms with Crippen molar-refractivity contribution in [3.63, 3.8) is 0 Å². The summed E-state index contributed by atoms with van der Waals surface area (Å²) in [5.41, 5.74) is 1.17. The van der Waals surface area contributed by atoms with Crippen LogP contribution in [0.3, 0.4) is 0 Å². The van der Waals surface area contributed by atoms with Gasteiger partial charge in [-0.2, -0.15) is 13.2 Å². The van der Waals surface area contributed by atoms with Gasteiger partial charge in [0.1, 0.15) is 0 Å². The number of aliphatic hydroxyl groups is 1. The Balaban J connectivity index is 2.22. The van der Waals surface area contributed by atoms with Gasteiger partial charge >= 0.3 is 6.18 Å². The minimum absolute atomic E-state index is 0.353. The predicted octanol–water partition coefficient (Wildman–Crippen LogP) is 5.05. The van der Waals surface area contributed by atoms with Gasteiger partial charge in [0, 0.05) is 10.9 Å². The molecule has 0 saturated carbocycles. The summed E-state index contributed by atoms with van der Waals surface area (Å²) >= 11 is 3.35. The number of rotatable bonds is 3. The first-order valence-electron chi connectivity index (χ1n) is 6.37. The number of aryl methyl sites for hydroxylation is 1. The summed E-state index contributed by atoms with van der Waals surface area (Å²) in [6.45, 7) is 1.58. The van der Waals surface area contributed by atoms with E-state index in [1.54, 1.807) is 6.92 Å². The Hall–Kier alpha value is -1.33. The van der Waals surface area contributed by atoms with E-state index in [4.69, 9.17) is 0 Å². The molecular weight excluding hydrogens is 345 g/mol. The van der Waals surface area contributed by atoms with Crippen molar-refractivity contribution in [1.82, 2.24) is 0 Å². The number of alkyl halides is 3. The molecular formula is C16H14BrF3O. The molecule has 5 heteroatoms. The SMILES string of the molecule is Cc1cc(C(F)(F)F)ccc1C(O)Cc1cccc(Br)c1. The second-order valence-corrected chi connectivity index (χ2v) is 5.83. The van der Waals surface area contributed by atoms with E-state index in [9.17, 15) is 18.3 Å². The molecule has 0 aliphatic carbocycles. The lowest BCUT2D eigenvalue weighted by molar-refractivity contribution is -0.137. The lowest BCUT2D eigenvalue weighted by atomic mass is 9.96. The zero-order valence-corrected chi connectivity index (χ0v) is 12.9. The van der Waals surface area contributed by atoms with Crippen molar-refractivity contribution in [2.24, 2.45) is 0 Å². The van der Waals surface area contributed by atoms with Crippen LogP contribution in [0.5, 0.6) is 0 Å². The van der Waals surface area contributed by atoms with Crippen molar-refractivity contribution in [2.75, 3.05) is 0 Å². The molecule has 21 heavy (non-hydrogen) atoms. The van der Waals surface area contributed by atoms with Crippen molar-refractivity contribution >= 4 is 15.9 Å². The fraction of sp³-hybridized carbons (Fsp3) is 0.250. The van der Waals surface area contributed by atoms with Gasteiger partial charge in [-0.3, -0.25) is 0 Å². The first-order chi connectivity index (χ1) is 9.77. The van der Waals surface area contributed by atoms with Crippen LogP contribution in [0.15, 0.2) is 46.9 Å². The Kier molecular flexibility index (Phi) is 4.74. The van der Waals surface area contributed by atoms with Gasteiger partial charge in [0.2, 0.25) is 0 Å². The largest absolute Gasteiger partial charge is 0.416 e. The topological polar surface area (TPSA) is 20.2 Å². The van der Waals surface area contributed by atoms with Crippen LogP contribution in [-0.2, 0) is 12.6 Å². The zero-order chi connectivity index (χ0) is 15.6. The molecule has 112 valence electrons. The van der Waals surface area contributed by atoms with Crippen LogP contribution in [0.1, 0.15) is 28.4 Å². The van der Waals surface area contributed by atoms with Crippen LogP contribution < -0.4 is 0 Å². The summed E-state index contributed by atoms with van der Waals surface area (Å²) in [7, 11) is 0. The molecule has 0 aromatic heterocycles. The van der Waals surface area contributed by atoms with Gasteiger partial charge in [-0.15, -0.1) is 0 Å². The molecule has 0 amide bonds. The highest BCUT2D eigenvalue weighted by atomic mass is 79.9. The summed E-state index contributed by atoms with van der Waals surface area (Å²) in [5.74, 6) is 0. The van der Waals surface area contributed by atoms with Crippen molar-refractivity contribution in [1.29, 1.82) is 0 Å². The molecule has 0 aliphatic heterocycles. The monoisotopic (exact) mass is 358 g/mol. The van der Waals surface area contributed by atoms with E-state index in [0.717, 1.165) is 22.2 Å². The van der Waals surface area contributed by atoms with Gasteiger partial charge in [-0.1, -0.05) is 34.1 Å². The molecule has 1 N–H and O–H groups in total. The quantitative estimate of drug-likeness (QED) is 0.813. The van der Waals surface area contributed by atoms with E-state index in [1.165, 1.54) is 6.07 Å². The van der Waals surface area contributed by atoms with E-state index in [1.807, 2.05) is 24.3 Å². The fourth-order valence-corrected chi connectivity index (χ4v) is 2.67. The maximum Gasteiger partial charge on any atom is 0.416 e. The average molecular weight is 359 g/mol. The van der Waals surface area contributed by atoms with Crippen LogP contribution in [0.25, 0.3) is 0 Å². The van der Waals surface area contributed by atoms with Crippen LogP contribution in [-0.4, -0.2) is 5.11 Å². The maximum atomic E-state index is 12.6. The third kappa shape index (κ3) is 4.08. The molecule has 1 unspecified atom stereocenters. The predicted molar refractivity (Wildman–Crippen MR) is 79.0 cm³/mol. The molecule has 0 fully saturated rings. The van der Waals surface area contributed by atoms with Crippen molar-refractivity contribution < 1.29 is 18.3 Å². The highest BCUT2D eigenvalue weighted by Gasteiger charge is 2.31. The van der Waals surface area contributed by atoms with Gasteiger partial charge in [0.05, 0.1) is 11.7 Å². The molecule has 0 spiro atoms. The first kappa shape index (κ1) is 16.0. The Morgan fingerprint density at radius 1 is 1.14 bits per heavy atom. The van der Waals surface area contributed by atoms with E-state index >= 15 is 0 Å². The molecule has 0 heterocycles. The minimum atomic E-state index is -4.36.